The van der Waals surface area contributed by atoms with Crippen LogP contribution in [0.3, 0.4) is 0 Å². The van der Waals surface area contributed by atoms with Crippen LogP contribution in [0.25, 0.3) is 0 Å². The summed E-state index contributed by atoms with van der Waals surface area (Å²) in [4.78, 5) is 29.3. The molecule has 14 nitrogen and oxygen atoms in total. The van der Waals surface area contributed by atoms with Gasteiger partial charge in [-0.2, -0.15) is 36.9 Å². The second-order valence-corrected chi connectivity index (χ2v) is 15.1. The Hall–Kier alpha value is -7.94. The molecule has 66 heavy (non-hydrogen) atoms. The van der Waals surface area contributed by atoms with Gasteiger partial charge in [0, 0.05) is 25.5 Å². The van der Waals surface area contributed by atoms with Gasteiger partial charge in [-0.05, 0) is 71.8 Å². The highest BCUT2D eigenvalue weighted by Gasteiger charge is 2.41. The molecular formula is C46H36F6N8O6. The van der Waals surface area contributed by atoms with E-state index in [-0.39, 0.29) is 85.2 Å². The number of carbonyl (C=O) groups is 2. The van der Waals surface area contributed by atoms with Gasteiger partial charge in [-0.1, -0.05) is 36.4 Å². The van der Waals surface area contributed by atoms with E-state index in [4.69, 9.17) is 9.47 Å². The Labute approximate surface area is 371 Å². The molecule has 0 bridgehead atoms. The smallest absolute Gasteiger partial charge is 0.416 e. The maximum atomic E-state index is 13.7. The van der Waals surface area contributed by atoms with Gasteiger partial charge < -0.3 is 39.5 Å². The molecule has 6 aromatic rings. The number of hydrogen-bond acceptors (Lipinski definition) is 8. The number of aromatic hydroxyl groups is 2. The first-order valence-electron chi connectivity index (χ1n) is 20.1. The summed E-state index contributed by atoms with van der Waals surface area (Å²) in [6, 6.07) is 21.6. The molecule has 338 valence electrons. The Morgan fingerprint density at radius 3 is 1.30 bits per heavy atom. The number of alkyl halides is 6. The minimum absolute atomic E-state index is 0.0190. The molecule has 2 atom stereocenters. The molecular weight excluding hydrogens is 875 g/mol. The normalized spacial score (nSPS) is 15.9. The summed E-state index contributed by atoms with van der Waals surface area (Å²) in [5.74, 6) is -0.564. The Balaban J connectivity index is 0.945. The van der Waals surface area contributed by atoms with E-state index in [0.29, 0.717) is 22.3 Å². The van der Waals surface area contributed by atoms with Crippen molar-refractivity contribution in [2.45, 2.75) is 37.5 Å². The number of ether oxygens (including phenoxy) is 2. The SMILES string of the molecule is N#Cc1ccc([C@H]2NC(=O)N(c3cccc(C(F)(F)F)c3)c3cn(CCOCCOCCn4cc5c(c4O)[C@@H](c4ccc(C#N)cc4)NC(=O)N5c4cccc(C(F)(F)F)c4)c(O)c32)cc1. The molecule has 8 rings (SSSR count). The van der Waals surface area contributed by atoms with Crippen LogP contribution in [-0.2, 0) is 34.9 Å². The van der Waals surface area contributed by atoms with Crippen LogP contribution in [0.2, 0.25) is 0 Å². The molecule has 4 N–H and O–H groups in total. The van der Waals surface area contributed by atoms with Gasteiger partial charge in [0.15, 0.2) is 11.8 Å². The van der Waals surface area contributed by atoms with Crippen LogP contribution in [0.4, 0.5) is 58.7 Å². The summed E-state index contributed by atoms with van der Waals surface area (Å²) < 4.78 is 96.4. The first-order valence-corrected chi connectivity index (χ1v) is 20.1. The maximum Gasteiger partial charge on any atom is 0.416 e. The van der Waals surface area contributed by atoms with Crippen molar-refractivity contribution in [1.82, 2.24) is 19.8 Å². The molecule has 0 aliphatic carbocycles. The van der Waals surface area contributed by atoms with E-state index in [1.54, 1.807) is 24.3 Å². The molecule has 0 unspecified atom stereocenters. The number of nitriles is 2. The van der Waals surface area contributed by atoms with Crippen molar-refractivity contribution < 1.29 is 55.6 Å². The molecule has 2 aliphatic heterocycles. The third-order valence-corrected chi connectivity index (χ3v) is 11.1. The number of rotatable bonds is 13. The Morgan fingerprint density at radius 1 is 0.576 bits per heavy atom. The van der Waals surface area contributed by atoms with Crippen molar-refractivity contribution in [3.05, 3.63) is 154 Å². The fraction of sp³-hybridized carbons (Fsp3) is 0.217. The summed E-state index contributed by atoms with van der Waals surface area (Å²) in [6.07, 6.45) is -6.50. The van der Waals surface area contributed by atoms with Gasteiger partial charge in [0.05, 0.1) is 107 Å². The second-order valence-electron chi connectivity index (χ2n) is 15.1. The maximum absolute atomic E-state index is 13.7. The molecule has 0 saturated heterocycles. The number of carbonyl (C=O) groups excluding carboxylic acids is 2. The van der Waals surface area contributed by atoms with Gasteiger partial charge in [0.1, 0.15) is 0 Å². The minimum Gasteiger partial charge on any atom is -0.494 e. The third-order valence-electron chi connectivity index (χ3n) is 11.1. The van der Waals surface area contributed by atoms with Crippen LogP contribution in [-0.4, -0.2) is 57.8 Å². The lowest BCUT2D eigenvalue weighted by Crippen LogP contribution is -2.44. The van der Waals surface area contributed by atoms with Crippen LogP contribution >= 0.6 is 0 Å². The lowest BCUT2D eigenvalue weighted by atomic mass is 9.96. The average molecular weight is 911 g/mol. The molecule has 0 radical (unpaired) electrons. The van der Waals surface area contributed by atoms with E-state index in [1.807, 2.05) is 12.1 Å². The van der Waals surface area contributed by atoms with Crippen molar-refractivity contribution in [2.24, 2.45) is 0 Å². The standard InChI is InChI=1S/C46H36F6N8O6/c47-45(48,49)31-3-1-5-33(21-31)59-35-25-57(41(61)37(35)39(55-43(59)63)29-11-7-27(23-53)8-12-29)15-17-65-19-20-66-18-16-58-26-36-38(42(58)62)40(30-13-9-28(24-54)10-14-30)56-44(64)60(36)34-6-2-4-32(22-34)46(50,51)52/h1-14,21-22,25-26,39-40,61-62H,15-20H2,(H,55,63)(H,56,64)/t39-,40-/m1/s1. The summed E-state index contributed by atoms with van der Waals surface area (Å²) >= 11 is 0. The van der Waals surface area contributed by atoms with Crippen LogP contribution in [0.15, 0.2) is 109 Å². The first kappa shape index (κ1) is 44.7. The third kappa shape index (κ3) is 8.79. The number of halogens is 6. The zero-order chi connectivity index (χ0) is 46.9. The number of hydrogen-bond donors (Lipinski definition) is 4. The Bertz CT molecular complexity index is 2690. The first-order chi connectivity index (χ1) is 31.6. The van der Waals surface area contributed by atoms with Gasteiger partial charge in [0.2, 0.25) is 0 Å². The molecule has 2 aromatic heterocycles. The van der Waals surface area contributed by atoms with Crippen LogP contribution in [0, 0.1) is 22.7 Å². The summed E-state index contributed by atoms with van der Waals surface area (Å²) in [7, 11) is 0. The molecule has 4 amide bonds. The van der Waals surface area contributed by atoms with Crippen molar-refractivity contribution in [1.29, 1.82) is 10.5 Å². The number of fused-ring (bicyclic) bond motifs is 2. The van der Waals surface area contributed by atoms with Gasteiger partial charge >= 0.3 is 24.4 Å². The van der Waals surface area contributed by atoms with Crippen LogP contribution in [0.1, 0.15) is 56.6 Å². The molecule has 4 aromatic carbocycles. The van der Waals surface area contributed by atoms with Gasteiger partial charge in [-0.3, -0.25) is 9.80 Å². The average Bonchev–Trinajstić information content (AvgIpc) is 3.80. The van der Waals surface area contributed by atoms with Crippen molar-refractivity contribution in [3.63, 3.8) is 0 Å². The van der Waals surface area contributed by atoms with E-state index in [1.165, 1.54) is 70.1 Å². The Morgan fingerprint density at radius 2 is 0.955 bits per heavy atom. The van der Waals surface area contributed by atoms with Gasteiger partial charge in [0.25, 0.3) is 0 Å². The predicted molar refractivity (Wildman–Crippen MR) is 224 cm³/mol. The second kappa shape index (κ2) is 17.9. The van der Waals surface area contributed by atoms with E-state index in [2.05, 4.69) is 10.6 Å². The minimum atomic E-state index is -4.69. The van der Waals surface area contributed by atoms with Crippen molar-refractivity contribution in [2.75, 3.05) is 36.2 Å². The zero-order valence-corrected chi connectivity index (χ0v) is 34.3. The van der Waals surface area contributed by atoms with Gasteiger partial charge in [-0.15, -0.1) is 0 Å². The molecule has 0 fully saturated rings. The van der Waals surface area contributed by atoms with E-state index >= 15 is 0 Å². The highest BCUT2D eigenvalue weighted by Crippen LogP contribution is 2.47. The van der Waals surface area contributed by atoms with Crippen molar-refractivity contribution in [3.8, 4) is 23.9 Å². The monoisotopic (exact) mass is 910 g/mol. The molecule has 2 aliphatic rings. The number of aromatic nitrogens is 2. The highest BCUT2D eigenvalue weighted by atomic mass is 19.4. The fourth-order valence-electron chi connectivity index (χ4n) is 7.89. The largest absolute Gasteiger partial charge is 0.494 e. The number of nitrogens with one attached hydrogen (secondary N) is 2. The lowest BCUT2D eigenvalue weighted by Gasteiger charge is -2.33. The Kier molecular flexibility index (Phi) is 12.1. The number of benzene rings is 4. The van der Waals surface area contributed by atoms with Crippen LogP contribution in [0.5, 0.6) is 11.8 Å². The summed E-state index contributed by atoms with van der Waals surface area (Å²) in [6.45, 7) is 0.242. The summed E-state index contributed by atoms with van der Waals surface area (Å²) in [5, 5.41) is 47.1. The number of urea groups is 2. The highest BCUT2D eigenvalue weighted by molar-refractivity contribution is 6.04. The predicted octanol–water partition coefficient (Wildman–Crippen LogP) is 9.12. The fourth-order valence-corrected chi connectivity index (χ4v) is 7.89. The zero-order valence-electron chi connectivity index (χ0n) is 34.3. The van der Waals surface area contributed by atoms with E-state index in [0.717, 1.165) is 34.1 Å². The molecule has 4 heterocycles. The van der Waals surface area contributed by atoms with Crippen molar-refractivity contribution >= 4 is 34.8 Å². The number of amides is 4. The molecule has 0 saturated carbocycles. The molecule has 20 heteroatoms. The van der Waals surface area contributed by atoms with Crippen LogP contribution < -0.4 is 20.4 Å². The topological polar surface area (TPSA) is 181 Å². The number of nitrogens with zero attached hydrogens (tertiary/aromatic N) is 6. The lowest BCUT2D eigenvalue weighted by molar-refractivity contribution is -0.138. The van der Waals surface area contributed by atoms with Gasteiger partial charge in [-0.25, -0.2) is 9.59 Å². The molecule has 0 spiro atoms. The summed E-state index contributed by atoms with van der Waals surface area (Å²) in [5.41, 5.74) is 0.244. The quantitative estimate of drug-likeness (QED) is 0.0654. The van der Waals surface area contributed by atoms with E-state index in [9.17, 15) is 56.7 Å². The van der Waals surface area contributed by atoms with E-state index < -0.39 is 47.6 Å². The number of anilines is 4.